The first-order chi connectivity index (χ1) is 10.7. The van der Waals surface area contributed by atoms with Crippen LogP contribution < -0.4 is 0 Å². The first-order valence-electron chi connectivity index (χ1n) is 6.80. The van der Waals surface area contributed by atoms with E-state index < -0.39 is 0 Å². The number of hydrogen-bond donors (Lipinski definition) is 0. The summed E-state index contributed by atoms with van der Waals surface area (Å²) in [5, 5.41) is 10.7. The first-order valence-corrected chi connectivity index (χ1v) is 7.62. The summed E-state index contributed by atoms with van der Waals surface area (Å²) in [6, 6.07) is 25.0. The molecule has 0 saturated carbocycles. The molecule has 3 aromatic carbocycles. The Kier molecular flexibility index (Phi) is 4.21. The Balaban J connectivity index is 1.86. The fourth-order valence-electron chi connectivity index (χ4n) is 2.14. The summed E-state index contributed by atoms with van der Waals surface area (Å²) in [6.45, 7) is 0. The lowest BCUT2D eigenvalue weighted by molar-refractivity contribution is -0.384. The van der Waals surface area contributed by atoms with Crippen molar-refractivity contribution in [3.05, 3.63) is 89.0 Å². The van der Waals surface area contributed by atoms with Crippen LogP contribution in [-0.4, -0.2) is 4.92 Å². The molecule has 0 amide bonds. The van der Waals surface area contributed by atoms with E-state index >= 15 is 0 Å². The van der Waals surface area contributed by atoms with Crippen molar-refractivity contribution in [3.63, 3.8) is 0 Å². The van der Waals surface area contributed by atoms with Crippen LogP contribution in [0.2, 0.25) is 0 Å². The zero-order valence-electron chi connectivity index (χ0n) is 11.7. The van der Waals surface area contributed by atoms with Gasteiger partial charge < -0.3 is 0 Å². The van der Waals surface area contributed by atoms with Gasteiger partial charge in [0.1, 0.15) is 0 Å². The molecule has 22 heavy (non-hydrogen) atoms. The molecule has 0 aromatic heterocycles. The highest BCUT2D eigenvalue weighted by Gasteiger charge is 2.06. The molecule has 3 rings (SSSR count). The predicted octanol–water partition coefficient (Wildman–Crippen LogP) is 5.41. The van der Waals surface area contributed by atoms with E-state index in [4.69, 9.17) is 0 Å². The van der Waals surface area contributed by atoms with Crippen LogP contribution in [0.1, 0.15) is 0 Å². The maximum Gasteiger partial charge on any atom is 0.269 e. The van der Waals surface area contributed by atoms with Gasteiger partial charge in [0, 0.05) is 21.9 Å². The van der Waals surface area contributed by atoms with E-state index in [0.717, 1.165) is 16.0 Å². The van der Waals surface area contributed by atoms with Gasteiger partial charge in [0.05, 0.1) is 4.92 Å². The molecular formula is C18H13NO2S. The Hall–Kier alpha value is -2.59. The zero-order chi connectivity index (χ0) is 15.4. The fourth-order valence-corrected chi connectivity index (χ4v) is 3.04. The molecule has 0 bridgehead atoms. The molecule has 3 aromatic rings. The maximum atomic E-state index is 10.7. The minimum absolute atomic E-state index is 0.110. The molecule has 0 radical (unpaired) electrons. The molecule has 0 fully saturated rings. The van der Waals surface area contributed by atoms with Gasteiger partial charge in [-0.15, -0.1) is 0 Å². The van der Waals surface area contributed by atoms with Crippen LogP contribution >= 0.6 is 11.8 Å². The molecule has 0 aliphatic heterocycles. The Bertz CT molecular complexity index is 786. The third kappa shape index (κ3) is 3.35. The Morgan fingerprint density at radius 3 is 2.09 bits per heavy atom. The lowest BCUT2D eigenvalue weighted by Crippen LogP contribution is -1.87. The topological polar surface area (TPSA) is 43.1 Å². The molecule has 0 heterocycles. The summed E-state index contributed by atoms with van der Waals surface area (Å²) in [6.07, 6.45) is 0. The standard InChI is InChI=1S/C18H13NO2S/c20-19(21)16-11-9-14(10-12-16)15-5-4-8-18(13-15)22-17-6-2-1-3-7-17/h1-13H. The van der Waals surface area contributed by atoms with Crippen LogP contribution in [0, 0.1) is 10.1 Å². The van der Waals surface area contributed by atoms with Crippen molar-refractivity contribution in [2.75, 3.05) is 0 Å². The summed E-state index contributed by atoms with van der Waals surface area (Å²) < 4.78 is 0. The van der Waals surface area contributed by atoms with E-state index in [9.17, 15) is 10.1 Å². The van der Waals surface area contributed by atoms with Crippen LogP contribution in [0.5, 0.6) is 0 Å². The third-order valence-electron chi connectivity index (χ3n) is 3.22. The van der Waals surface area contributed by atoms with Gasteiger partial charge in [-0.2, -0.15) is 0 Å². The summed E-state index contributed by atoms with van der Waals surface area (Å²) in [4.78, 5) is 12.6. The lowest BCUT2D eigenvalue weighted by Gasteiger charge is -2.05. The fraction of sp³-hybridized carbons (Fsp3) is 0. The quantitative estimate of drug-likeness (QED) is 0.478. The van der Waals surface area contributed by atoms with E-state index in [-0.39, 0.29) is 10.6 Å². The van der Waals surface area contributed by atoms with E-state index in [1.165, 1.54) is 17.0 Å². The van der Waals surface area contributed by atoms with Crippen LogP contribution in [0.15, 0.2) is 88.7 Å². The number of nitro benzene ring substituents is 1. The molecule has 0 N–H and O–H groups in total. The molecular weight excluding hydrogens is 294 g/mol. The maximum absolute atomic E-state index is 10.7. The molecule has 108 valence electrons. The van der Waals surface area contributed by atoms with Crippen LogP contribution in [0.25, 0.3) is 11.1 Å². The summed E-state index contributed by atoms with van der Waals surface area (Å²) in [5.41, 5.74) is 2.13. The van der Waals surface area contributed by atoms with Crippen molar-refractivity contribution in [1.29, 1.82) is 0 Å². The number of nitro groups is 1. The summed E-state index contributed by atoms with van der Waals surface area (Å²) in [7, 11) is 0. The first kappa shape index (κ1) is 14.4. The van der Waals surface area contributed by atoms with Crippen molar-refractivity contribution in [2.24, 2.45) is 0 Å². The SMILES string of the molecule is O=[N+]([O-])c1ccc(-c2cccc(Sc3ccccc3)c2)cc1. The second-order valence-electron chi connectivity index (χ2n) is 4.75. The second kappa shape index (κ2) is 6.45. The minimum atomic E-state index is -0.383. The molecule has 4 heteroatoms. The van der Waals surface area contributed by atoms with Gasteiger partial charge in [-0.3, -0.25) is 10.1 Å². The molecule has 0 unspecified atom stereocenters. The van der Waals surface area contributed by atoms with E-state index in [2.05, 4.69) is 24.3 Å². The number of benzene rings is 3. The normalized spacial score (nSPS) is 10.4. The van der Waals surface area contributed by atoms with Crippen LogP contribution in [0.3, 0.4) is 0 Å². The molecule has 0 saturated heterocycles. The van der Waals surface area contributed by atoms with Crippen molar-refractivity contribution in [2.45, 2.75) is 9.79 Å². The van der Waals surface area contributed by atoms with Crippen LogP contribution in [-0.2, 0) is 0 Å². The van der Waals surface area contributed by atoms with Crippen molar-refractivity contribution < 1.29 is 4.92 Å². The average molecular weight is 307 g/mol. The highest BCUT2D eigenvalue weighted by Crippen LogP contribution is 2.31. The molecule has 0 spiro atoms. The molecule has 0 aliphatic rings. The third-order valence-corrected chi connectivity index (χ3v) is 4.22. The van der Waals surface area contributed by atoms with Gasteiger partial charge in [-0.1, -0.05) is 42.1 Å². The second-order valence-corrected chi connectivity index (χ2v) is 5.89. The largest absolute Gasteiger partial charge is 0.269 e. The van der Waals surface area contributed by atoms with Crippen LogP contribution in [0.4, 0.5) is 5.69 Å². The van der Waals surface area contributed by atoms with Crippen molar-refractivity contribution >= 4 is 17.4 Å². The van der Waals surface area contributed by atoms with Gasteiger partial charge in [0.15, 0.2) is 0 Å². The highest BCUT2D eigenvalue weighted by molar-refractivity contribution is 7.99. The van der Waals surface area contributed by atoms with E-state index in [1.54, 1.807) is 23.9 Å². The monoisotopic (exact) mass is 307 g/mol. The van der Waals surface area contributed by atoms with Gasteiger partial charge in [-0.25, -0.2) is 0 Å². The number of rotatable bonds is 4. The Morgan fingerprint density at radius 2 is 1.41 bits per heavy atom. The Labute approximate surface area is 132 Å². The molecule has 0 aliphatic carbocycles. The van der Waals surface area contributed by atoms with Gasteiger partial charge in [0.2, 0.25) is 0 Å². The number of nitrogens with zero attached hydrogens (tertiary/aromatic N) is 1. The summed E-state index contributed by atoms with van der Waals surface area (Å²) >= 11 is 1.70. The van der Waals surface area contributed by atoms with Gasteiger partial charge >= 0.3 is 0 Å². The van der Waals surface area contributed by atoms with Gasteiger partial charge in [0.25, 0.3) is 5.69 Å². The summed E-state index contributed by atoms with van der Waals surface area (Å²) in [5.74, 6) is 0. The average Bonchev–Trinajstić information content (AvgIpc) is 2.56. The zero-order valence-corrected chi connectivity index (χ0v) is 12.5. The number of hydrogen-bond acceptors (Lipinski definition) is 3. The smallest absolute Gasteiger partial charge is 0.258 e. The highest BCUT2D eigenvalue weighted by atomic mass is 32.2. The number of non-ortho nitro benzene ring substituents is 1. The van der Waals surface area contributed by atoms with Crippen molar-refractivity contribution in [3.8, 4) is 11.1 Å². The molecule has 0 atom stereocenters. The Morgan fingerprint density at radius 1 is 0.727 bits per heavy atom. The van der Waals surface area contributed by atoms with E-state index in [0.29, 0.717) is 0 Å². The molecule has 3 nitrogen and oxygen atoms in total. The lowest BCUT2D eigenvalue weighted by atomic mass is 10.1. The minimum Gasteiger partial charge on any atom is -0.258 e. The predicted molar refractivity (Wildman–Crippen MR) is 89.1 cm³/mol. The van der Waals surface area contributed by atoms with Gasteiger partial charge in [-0.05, 0) is 47.5 Å². The van der Waals surface area contributed by atoms with E-state index in [1.807, 2.05) is 30.3 Å². The van der Waals surface area contributed by atoms with Crippen molar-refractivity contribution in [1.82, 2.24) is 0 Å².